The Morgan fingerprint density at radius 1 is 1.25 bits per heavy atom. The summed E-state index contributed by atoms with van der Waals surface area (Å²) in [6.45, 7) is 3.60. The van der Waals surface area contributed by atoms with Gasteiger partial charge in [-0.15, -0.1) is 5.10 Å². The second-order valence-electron chi connectivity index (χ2n) is 4.80. The van der Waals surface area contributed by atoms with Gasteiger partial charge in [0.2, 0.25) is 0 Å². The number of nitrogens with zero attached hydrogens (tertiary/aromatic N) is 4. The topological polar surface area (TPSA) is 78.8 Å². The average Bonchev–Trinajstić information content (AvgIpc) is 2.90. The Morgan fingerprint density at radius 3 is 2.90 bits per heavy atom. The van der Waals surface area contributed by atoms with Crippen LogP contribution in [-0.2, 0) is 11.3 Å². The van der Waals surface area contributed by atoms with Crippen molar-refractivity contribution in [1.82, 2.24) is 20.2 Å². The van der Waals surface area contributed by atoms with Crippen LogP contribution in [0, 0.1) is 6.92 Å². The lowest BCUT2D eigenvalue weighted by molar-refractivity contribution is 0.191. The third-order valence-electron chi connectivity index (χ3n) is 3.37. The molecule has 0 aliphatic rings. The van der Waals surface area contributed by atoms with Gasteiger partial charge in [-0.3, -0.25) is 0 Å². The number of anilines is 1. The van der Waals surface area contributed by atoms with Crippen molar-refractivity contribution >= 4 is 5.69 Å². The van der Waals surface area contributed by atoms with Gasteiger partial charge >= 0.3 is 0 Å². The summed E-state index contributed by atoms with van der Waals surface area (Å²) in [5, 5.41) is 12.0. The van der Waals surface area contributed by atoms with E-state index in [4.69, 9.17) is 10.5 Å². The summed E-state index contributed by atoms with van der Waals surface area (Å²) in [7, 11) is 1.72. The lowest BCUT2D eigenvalue weighted by atomic mass is 10.1. The van der Waals surface area contributed by atoms with E-state index in [0.29, 0.717) is 0 Å². The van der Waals surface area contributed by atoms with Crippen molar-refractivity contribution in [2.75, 3.05) is 19.5 Å². The zero-order chi connectivity index (χ0) is 14.4. The van der Waals surface area contributed by atoms with E-state index in [2.05, 4.69) is 15.5 Å². The third kappa shape index (κ3) is 3.33. The van der Waals surface area contributed by atoms with Crippen LogP contribution in [0.1, 0.15) is 24.8 Å². The first kappa shape index (κ1) is 14.5. The molecule has 0 radical (unpaired) electrons. The van der Waals surface area contributed by atoms with Gasteiger partial charge in [0, 0.05) is 31.5 Å². The number of nitrogen functional groups attached to an aromatic ring is 1. The molecule has 0 saturated carbocycles. The largest absolute Gasteiger partial charge is 0.398 e. The average molecular weight is 275 g/mol. The Balaban J connectivity index is 2.06. The smallest absolute Gasteiger partial charge is 0.182 e. The predicted molar refractivity (Wildman–Crippen MR) is 78.1 cm³/mol. The standard InChI is InChI=1S/C14H21N5O/c1-11-12(7-6-8-13(11)15)14-16-17-18-19(14)9-4-3-5-10-20-2/h6-8H,3-5,9-10,15H2,1-2H3. The molecule has 6 nitrogen and oxygen atoms in total. The first-order chi connectivity index (χ1) is 9.74. The molecule has 1 aromatic carbocycles. The minimum Gasteiger partial charge on any atom is -0.398 e. The molecule has 0 aliphatic carbocycles. The van der Waals surface area contributed by atoms with Crippen molar-refractivity contribution in [3.63, 3.8) is 0 Å². The molecular formula is C14H21N5O. The van der Waals surface area contributed by atoms with E-state index in [1.165, 1.54) is 0 Å². The highest BCUT2D eigenvalue weighted by Gasteiger charge is 2.12. The number of aromatic nitrogens is 4. The second kappa shape index (κ2) is 7.00. The summed E-state index contributed by atoms with van der Waals surface area (Å²) < 4.78 is 6.88. The maximum Gasteiger partial charge on any atom is 0.182 e. The SMILES string of the molecule is COCCCCCn1nnnc1-c1cccc(N)c1C. The summed E-state index contributed by atoms with van der Waals surface area (Å²) in [6.07, 6.45) is 3.19. The maximum atomic E-state index is 5.94. The van der Waals surface area contributed by atoms with Crippen LogP contribution in [0.3, 0.4) is 0 Å². The molecule has 1 aromatic heterocycles. The van der Waals surface area contributed by atoms with E-state index in [0.717, 1.165) is 55.1 Å². The van der Waals surface area contributed by atoms with Gasteiger partial charge in [0.1, 0.15) is 0 Å². The fourth-order valence-electron chi connectivity index (χ4n) is 2.13. The Labute approximate surface area is 118 Å². The molecule has 0 amide bonds. The molecule has 108 valence electrons. The number of aryl methyl sites for hydroxylation is 1. The summed E-state index contributed by atoms with van der Waals surface area (Å²) in [5.74, 6) is 0.779. The van der Waals surface area contributed by atoms with Crippen molar-refractivity contribution in [2.45, 2.75) is 32.7 Å². The van der Waals surface area contributed by atoms with Crippen molar-refractivity contribution < 1.29 is 4.74 Å². The highest BCUT2D eigenvalue weighted by Crippen LogP contribution is 2.24. The Morgan fingerprint density at radius 2 is 2.10 bits per heavy atom. The van der Waals surface area contributed by atoms with E-state index >= 15 is 0 Å². The quantitative estimate of drug-likeness (QED) is 0.618. The highest BCUT2D eigenvalue weighted by atomic mass is 16.5. The van der Waals surface area contributed by atoms with Crippen molar-refractivity contribution in [3.8, 4) is 11.4 Å². The number of benzene rings is 1. The molecule has 0 atom stereocenters. The lowest BCUT2D eigenvalue weighted by Gasteiger charge is -2.08. The van der Waals surface area contributed by atoms with E-state index in [1.54, 1.807) is 7.11 Å². The number of ether oxygens (including phenoxy) is 1. The summed E-state index contributed by atoms with van der Waals surface area (Å²) in [5.41, 5.74) is 8.71. The third-order valence-corrected chi connectivity index (χ3v) is 3.37. The van der Waals surface area contributed by atoms with Crippen LogP contribution in [0.5, 0.6) is 0 Å². The lowest BCUT2D eigenvalue weighted by Crippen LogP contribution is -2.05. The molecule has 0 fully saturated rings. The van der Waals surface area contributed by atoms with Gasteiger partial charge in [0.25, 0.3) is 0 Å². The monoisotopic (exact) mass is 275 g/mol. The Bertz CT molecular complexity index is 552. The summed E-state index contributed by atoms with van der Waals surface area (Å²) in [6, 6.07) is 5.81. The molecule has 0 saturated heterocycles. The van der Waals surface area contributed by atoms with Crippen molar-refractivity contribution in [3.05, 3.63) is 23.8 Å². The van der Waals surface area contributed by atoms with Gasteiger partial charge in [-0.2, -0.15) is 0 Å². The van der Waals surface area contributed by atoms with Crippen molar-refractivity contribution in [1.29, 1.82) is 0 Å². The normalized spacial score (nSPS) is 10.9. The zero-order valence-electron chi connectivity index (χ0n) is 12.0. The molecule has 0 bridgehead atoms. The number of methoxy groups -OCH3 is 1. The number of hydrogen-bond acceptors (Lipinski definition) is 5. The summed E-state index contributed by atoms with van der Waals surface area (Å²) in [4.78, 5) is 0. The van der Waals surface area contributed by atoms with Gasteiger partial charge in [0.15, 0.2) is 5.82 Å². The fraction of sp³-hybridized carbons (Fsp3) is 0.500. The molecule has 1 heterocycles. The molecule has 20 heavy (non-hydrogen) atoms. The predicted octanol–water partition coefficient (Wildman–Crippen LogP) is 2.05. The zero-order valence-corrected chi connectivity index (χ0v) is 12.0. The van der Waals surface area contributed by atoms with Crippen LogP contribution in [0.15, 0.2) is 18.2 Å². The minimum atomic E-state index is 0.761. The highest BCUT2D eigenvalue weighted by molar-refractivity contribution is 5.67. The number of tetrazole rings is 1. The van der Waals surface area contributed by atoms with Gasteiger partial charge in [-0.05, 0) is 48.2 Å². The molecule has 0 spiro atoms. The molecule has 0 aliphatic heterocycles. The maximum absolute atomic E-state index is 5.94. The molecule has 2 rings (SSSR count). The second-order valence-corrected chi connectivity index (χ2v) is 4.80. The van der Waals surface area contributed by atoms with Gasteiger partial charge in [-0.1, -0.05) is 12.1 Å². The van der Waals surface area contributed by atoms with Gasteiger partial charge in [-0.25, -0.2) is 4.68 Å². The van der Waals surface area contributed by atoms with Crippen LogP contribution < -0.4 is 5.73 Å². The van der Waals surface area contributed by atoms with Crippen LogP contribution in [0.4, 0.5) is 5.69 Å². The molecule has 2 N–H and O–H groups in total. The number of rotatable bonds is 7. The van der Waals surface area contributed by atoms with E-state index < -0.39 is 0 Å². The van der Waals surface area contributed by atoms with Crippen molar-refractivity contribution in [2.24, 2.45) is 0 Å². The first-order valence-corrected chi connectivity index (χ1v) is 6.84. The van der Waals surface area contributed by atoms with E-state index in [-0.39, 0.29) is 0 Å². The van der Waals surface area contributed by atoms with Crippen LogP contribution in [0.2, 0.25) is 0 Å². The van der Waals surface area contributed by atoms with Crippen LogP contribution >= 0.6 is 0 Å². The Kier molecular flexibility index (Phi) is 5.06. The first-order valence-electron chi connectivity index (χ1n) is 6.84. The minimum absolute atomic E-state index is 0.761. The van der Waals surface area contributed by atoms with Gasteiger partial charge < -0.3 is 10.5 Å². The number of nitrogens with two attached hydrogens (primary N) is 1. The number of hydrogen-bond donors (Lipinski definition) is 1. The fourth-order valence-corrected chi connectivity index (χ4v) is 2.13. The summed E-state index contributed by atoms with van der Waals surface area (Å²) >= 11 is 0. The van der Waals surface area contributed by atoms with E-state index in [1.807, 2.05) is 29.8 Å². The number of unbranched alkanes of at least 4 members (excludes halogenated alkanes) is 2. The van der Waals surface area contributed by atoms with Gasteiger partial charge in [0.05, 0.1) is 0 Å². The molecule has 0 unspecified atom stereocenters. The van der Waals surface area contributed by atoms with Crippen LogP contribution in [0.25, 0.3) is 11.4 Å². The Hall–Kier alpha value is -1.95. The molecule has 6 heteroatoms. The molecular weight excluding hydrogens is 254 g/mol. The van der Waals surface area contributed by atoms with E-state index in [9.17, 15) is 0 Å². The molecule has 2 aromatic rings. The van der Waals surface area contributed by atoms with Crippen LogP contribution in [-0.4, -0.2) is 33.9 Å².